The molecule has 0 radical (unpaired) electrons. The second-order valence-electron chi connectivity index (χ2n) is 2.14. The van der Waals surface area contributed by atoms with Gasteiger partial charge in [-0.3, -0.25) is 0 Å². The minimum atomic E-state index is 0.327. The summed E-state index contributed by atoms with van der Waals surface area (Å²) in [6, 6.07) is 3.12. The molecule has 0 aliphatic carbocycles. The van der Waals surface area contributed by atoms with Crippen LogP contribution in [0.5, 0.6) is 0 Å². The number of oxime groups is 1. The van der Waals surface area contributed by atoms with Gasteiger partial charge in [0.15, 0.2) is 0 Å². The maximum Gasteiger partial charge on any atom is 0.0734 e. The SMILES string of the molecule is Nc1c(Cl)cc(/C=N/O)cc1Cl. The number of halogens is 2. The first kappa shape index (κ1) is 9.16. The minimum Gasteiger partial charge on any atom is -0.411 e. The summed E-state index contributed by atoms with van der Waals surface area (Å²) in [4.78, 5) is 0. The standard InChI is InChI=1S/C7H6Cl2N2O/c8-5-1-4(3-11-12)2-6(9)7(5)10/h1-3,12H,10H2/b11-3+. The third kappa shape index (κ3) is 1.81. The number of nitrogens with zero attached hydrogens (tertiary/aromatic N) is 1. The first-order valence-electron chi connectivity index (χ1n) is 3.07. The highest BCUT2D eigenvalue weighted by molar-refractivity contribution is 6.39. The molecule has 0 amide bonds. The average molecular weight is 205 g/mol. The molecule has 0 spiro atoms. The van der Waals surface area contributed by atoms with Crippen molar-refractivity contribution >= 4 is 35.1 Å². The zero-order valence-electron chi connectivity index (χ0n) is 5.96. The summed E-state index contributed by atoms with van der Waals surface area (Å²) in [6.07, 6.45) is 1.22. The van der Waals surface area contributed by atoms with Gasteiger partial charge in [0.2, 0.25) is 0 Å². The molecule has 1 aromatic carbocycles. The lowest BCUT2D eigenvalue weighted by Crippen LogP contribution is -1.90. The van der Waals surface area contributed by atoms with Gasteiger partial charge in [0.25, 0.3) is 0 Å². The summed E-state index contributed by atoms with van der Waals surface area (Å²) in [5.74, 6) is 0. The second kappa shape index (κ2) is 3.65. The molecule has 0 saturated carbocycles. The van der Waals surface area contributed by atoms with Gasteiger partial charge in [-0.25, -0.2) is 0 Å². The molecule has 0 fully saturated rings. The number of rotatable bonds is 1. The Bertz CT molecular complexity index is 302. The third-order valence-corrected chi connectivity index (χ3v) is 1.93. The molecule has 0 aliphatic rings. The Balaban J connectivity index is 3.21. The normalized spacial score (nSPS) is 10.8. The van der Waals surface area contributed by atoms with E-state index in [-0.39, 0.29) is 0 Å². The fourth-order valence-corrected chi connectivity index (χ4v) is 1.25. The van der Waals surface area contributed by atoms with E-state index in [2.05, 4.69) is 5.16 Å². The Morgan fingerprint density at radius 1 is 1.33 bits per heavy atom. The summed E-state index contributed by atoms with van der Waals surface area (Å²) in [5.41, 5.74) is 6.40. The molecule has 1 aromatic rings. The van der Waals surface area contributed by atoms with Gasteiger partial charge in [-0.2, -0.15) is 0 Å². The van der Waals surface area contributed by atoms with Crippen LogP contribution in [-0.4, -0.2) is 11.4 Å². The summed E-state index contributed by atoms with van der Waals surface area (Å²) >= 11 is 11.4. The van der Waals surface area contributed by atoms with Crippen LogP contribution >= 0.6 is 23.2 Å². The van der Waals surface area contributed by atoms with E-state index < -0.39 is 0 Å². The lowest BCUT2D eigenvalue weighted by Gasteiger charge is -2.01. The summed E-state index contributed by atoms with van der Waals surface area (Å²) < 4.78 is 0. The number of nitrogen functional groups attached to an aromatic ring is 1. The quantitative estimate of drug-likeness (QED) is 0.320. The van der Waals surface area contributed by atoms with Crippen molar-refractivity contribution < 1.29 is 5.21 Å². The molecule has 12 heavy (non-hydrogen) atoms. The number of hydrogen-bond donors (Lipinski definition) is 2. The molecule has 0 saturated heterocycles. The summed E-state index contributed by atoms with van der Waals surface area (Å²) in [6.45, 7) is 0. The Morgan fingerprint density at radius 2 is 1.83 bits per heavy atom. The predicted octanol–water partition coefficient (Wildman–Crippen LogP) is 2.38. The first-order valence-corrected chi connectivity index (χ1v) is 3.82. The molecule has 3 nitrogen and oxygen atoms in total. The van der Waals surface area contributed by atoms with Gasteiger partial charge in [0.1, 0.15) is 0 Å². The highest BCUT2D eigenvalue weighted by atomic mass is 35.5. The van der Waals surface area contributed by atoms with Crippen molar-refractivity contribution in [3.63, 3.8) is 0 Å². The third-order valence-electron chi connectivity index (χ3n) is 1.31. The minimum absolute atomic E-state index is 0.327. The highest BCUT2D eigenvalue weighted by Gasteiger charge is 2.02. The topological polar surface area (TPSA) is 58.6 Å². The van der Waals surface area contributed by atoms with E-state index in [0.29, 0.717) is 21.3 Å². The second-order valence-corrected chi connectivity index (χ2v) is 2.96. The molecule has 0 aliphatic heterocycles. The van der Waals surface area contributed by atoms with E-state index in [1.807, 2.05) is 0 Å². The number of benzene rings is 1. The zero-order valence-corrected chi connectivity index (χ0v) is 7.47. The van der Waals surface area contributed by atoms with Crippen molar-refractivity contribution in [1.82, 2.24) is 0 Å². The molecule has 64 valence electrons. The van der Waals surface area contributed by atoms with E-state index in [9.17, 15) is 0 Å². The van der Waals surface area contributed by atoms with Crippen molar-refractivity contribution in [1.29, 1.82) is 0 Å². The van der Waals surface area contributed by atoms with Crippen LogP contribution in [0.25, 0.3) is 0 Å². The van der Waals surface area contributed by atoms with Crippen molar-refractivity contribution in [3.8, 4) is 0 Å². The fraction of sp³-hybridized carbons (Fsp3) is 0. The van der Waals surface area contributed by atoms with Gasteiger partial charge in [-0.05, 0) is 17.7 Å². The molecule has 3 N–H and O–H groups in total. The predicted molar refractivity (Wildman–Crippen MR) is 50.3 cm³/mol. The Kier molecular flexibility index (Phi) is 2.78. The van der Waals surface area contributed by atoms with Gasteiger partial charge >= 0.3 is 0 Å². The molecule has 0 bridgehead atoms. The number of hydrogen-bond acceptors (Lipinski definition) is 3. The number of anilines is 1. The van der Waals surface area contributed by atoms with Crippen LogP contribution in [0.15, 0.2) is 17.3 Å². The highest BCUT2D eigenvalue weighted by Crippen LogP contribution is 2.27. The van der Waals surface area contributed by atoms with E-state index >= 15 is 0 Å². The summed E-state index contributed by atoms with van der Waals surface area (Å²) in [5, 5.41) is 11.7. The largest absolute Gasteiger partial charge is 0.411 e. The van der Waals surface area contributed by atoms with Gasteiger partial charge in [-0.1, -0.05) is 28.4 Å². The number of nitrogens with two attached hydrogens (primary N) is 1. The molecule has 0 unspecified atom stereocenters. The van der Waals surface area contributed by atoms with Gasteiger partial charge in [0.05, 0.1) is 21.9 Å². The lowest BCUT2D eigenvalue weighted by molar-refractivity contribution is 0.322. The van der Waals surface area contributed by atoms with E-state index in [0.717, 1.165) is 0 Å². The van der Waals surface area contributed by atoms with Crippen LogP contribution in [0.3, 0.4) is 0 Å². The van der Waals surface area contributed by atoms with Crippen LogP contribution in [0, 0.1) is 0 Å². The maximum absolute atomic E-state index is 8.22. The van der Waals surface area contributed by atoms with E-state index in [1.54, 1.807) is 12.1 Å². The Labute approximate surface area is 79.4 Å². The molecular formula is C7H6Cl2N2O. The lowest BCUT2D eigenvalue weighted by atomic mass is 10.2. The molecule has 0 heterocycles. The van der Waals surface area contributed by atoms with E-state index in [4.69, 9.17) is 34.1 Å². The van der Waals surface area contributed by atoms with Crippen molar-refractivity contribution in [3.05, 3.63) is 27.7 Å². The maximum atomic E-state index is 8.22. The first-order chi connectivity index (χ1) is 5.65. The van der Waals surface area contributed by atoms with Crippen LogP contribution in [0.1, 0.15) is 5.56 Å². The van der Waals surface area contributed by atoms with Gasteiger partial charge in [-0.15, -0.1) is 0 Å². The Hall–Kier alpha value is -0.930. The smallest absolute Gasteiger partial charge is 0.0734 e. The summed E-state index contributed by atoms with van der Waals surface area (Å²) in [7, 11) is 0. The van der Waals surface area contributed by atoms with Crippen molar-refractivity contribution in [2.45, 2.75) is 0 Å². The monoisotopic (exact) mass is 204 g/mol. The van der Waals surface area contributed by atoms with Crippen LogP contribution in [0.2, 0.25) is 10.0 Å². The average Bonchev–Trinajstić information content (AvgIpc) is 2.01. The molecule has 0 aromatic heterocycles. The molecule has 0 atom stereocenters. The Morgan fingerprint density at radius 3 is 2.25 bits per heavy atom. The zero-order chi connectivity index (χ0) is 9.14. The van der Waals surface area contributed by atoms with Crippen LogP contribution < -0.4 is 5.73 Å². The van der Waals surface area contributed by atoms with Crippen molar-refractivity contribution in [2.24, 2.45) is 5.16 Å². The molecule has 1 rings (SSSR count). The molecular weight excluding hydrogens is 199 g/mol. The van der Waals surface area contributed by atoms with Gasteiger partial charge in [0, 0.05) is 0 Å². The van der Waals surface area contributed by atoms with Gasteiger partial charge < -0.3 is 10.9 Å². The van der Waals surface area contributed by atoms with Crippen LogP contribution in [-0.2, 0) is 0 Å². The molecule has 5 heteroatoms. The van der Waals surface area contributed by atoms with Crippen molar-refractivity contribution in [2.75, 3.05) is 5.73 Å². The fourth-order valence-electron chi connectivity index (χ4n) is 0.745. The van der Waals surface area contributed by atoms with E-state index in [1.165, 1.54) is 6.21 Å². The van der Waals surface area contributed by atoms with Crippen LogP contribution in [0.4, 0.5) is 5.69 Å².